The molecule has 2 heterocycles. The zero-order valence-corrected chi connectivity index (χ0v) is 15.1. The molecule has 25 heavy (non-hydrogen) atoms. The SMILES string of the molecule is COc1ccc(Cl)cc1C(=O)N1CCCN(Cc2ccncc2)CC1. The normalized spacial score (nSPS) is 15.7. The zero-order valence-electron chi connectivity index (χ0n) is 14.3. The van der Waals surface area contributed by atoms with E-state index in [1.807, 2.05) is 29.4 Å². The summed E-state index contributed by atoms with van der Waals surface area (Å²) in [5, 5.41) is 0.540. The van der Waals surface area contributed by atoms with Crippen LogP contribution >= 0.6 is 11.6 Å². The van der Waals surface area contributed by atoms with Gasteiger partial charge in [-0.25, -0.2) is 0 Å². The molecule has 1 amide bonds. The van der Waals surface area contributed by atoms with E-state index in [1.54, 1.807) is 25.3 Å². The van der Waals surface area contributed by atoms with Gasteiger partial charge in [-0.3, -0.25) is 14.7 Å². The number of carbonyl (C=O) groups excluding carboxylic acids is 1. The van der Waals surface area contributed by atoms with E-state index in [1.165, 1.54) is 5.56 Å². The third-order valence-corrected chi connectivity index (χ3v) is 4.66. The molecule has 1 aliphatic heterocycles. The molecule has 0 radical (unpaired) electrons. The number of carbonyl (C=O) groups is 1. The van der Waals surface area contributed by atoms with Crippen LogP contribution in [0.2, 0.25) is 5.02 Å². The number of hydrogen-bond acceptors (Lipinski definition) is 4. The molecule has 0 unspecified atom stereocenters. The maximum Gasteiger partial charge on any atom is 0.257 e. The topological polar surface area (TPSA) is 45.7 Å². The number of halogens is 1. The van der Waals surface area contributed by atoms with Crippen LogP contribution in [0.1, 0.15) is 22.3 Å². The fourth-order valence-electron chi connectivity index (χ4n) is 3.10. The standard InChI is InChI=1S/C19H22ClN3O2/c1-25-18-4-3-16(20)13-17(18)19(24)23-10-2-9-22(11-12-23)14-15-5-7-21-8-6-15/h3-8,13H,2,9-12,14H2,1H3. The van der Waals surface area contributed by atoms with Crippen molar-refractivity contribution < 1.29 is 9.53 Å². The Balaban J connectivity index is 1.66. The Morgan fingerprint density at radius 1 is 1.16 bits per heavy atom. The molecule has 0 saturated carbocycles. The summed E-state index contributed by atoms with van der Waals surface area (Å²) in [5.41, 5.74) is 1.77. The highest BCUT2D eigenvalue weighted by Gasteiger charge is 2.23. The number of nitrogens with zero attached hydrogens (tertiary/aromatic N) is 3. The largest absolute Gasteiger partial charge is 0.496 e. The summed E-state index contributed by atoms with van der Waals surface area (Å²) in [6, 6.07) is 9.22. The Labute approximate surface area is 153 Å². The molecule has 0 bridgehead atoms. The predicted octanol–water partition coefficient (Wildman–Crippen LogP) is 3.09. The third-order valence-electron chi connectivity index (χ3n) is 4.42. The first-order valence-corrected chi connectivity index (χ1v) is 8.79. The second kappa shape index (κ2) is 8.32. The third kappa shape index (κ3) is 4.50. The molecule has 1 aromatic carbocycles. The summed E-state index contributed by atoms with van der Waals surface area (Å²) in [7, 11) is 1.57. The molecule has 0 aliphatic carbocycles. The van der Waals surface area contributed by atoms with Crippen LogP contribution < -0.4 is 4.74 Å². The second-order valence-electron chi connectivity index (χ2n) is 6.12. The minimum Gasteiger partial charge on any atom is -0.496 e. The van der Waals surface area contributed by atoms with Gasteiger partial charge in [0.2, 0.25) is 0 Å². The summed E-state index contributed by atoms with van der Waals surface area (Å²) in [6.45, 7) is 4.13. The van der Waals surface area contributed by atoms with Crippen molar-refractivity contribution in [2.75, 3.05) is 33.3 Å². The van der Waals surface area contributed by atoms with Crippen molar-refractivity contribution in [2.24, 2.45) is 0 Å². The van der Waals surface area contributed by atoms with Crippen LogP contribution in [0.3, 0.4) is 0 Å². The Morgan fingerprint density at radius 3 is 2.72 bits per heavy atom. The minimum atomic E-state index is -0.0230. The van der Waals surface area contributed by atoms with Crippen molar-refractivity contribution in [3.8, 4) is 5.75 Å². The Morgan fingerprint density at radius 2 is 1.96 bits per heavy atom. The fraction of sp³-hybridized carbons (Fsp3) is 0.368. The van der Waals surface area contributed by atoms with Gasteiger partial charge in [0.15, 0.2) is 0 Å². The molecular weight excluding hydrogens is 338 g/mol. The number of rotatable bonds is 4. The van der Waals surface area contributed by atoms with E-state index in [0.717, 1.165) is 32.6 Å². The van der Waals surface area contributed by atoms with E-state index in [2.05, 4.69) is 9.88 Å². The second-order valence-corrected chi connectivity index (χ2v) is 6.56. The molecule has 2 aromatic rings. The number of benzene rings is 1. The van der Waals surface area contributed by atoms with E-state index in [0.29, 0.717) is 22.9 Å². The first-order chi connectivity index (χ1) is 12.2. The summed E-state index contributed by atoms with van der Waals surface area (Å²) in [6.07, 6.45) is 4.57. The minimum absolute atomic E-state index is 0.0230. The zero-order chi connectivity index (χ0) is 17.6. The highest BCUT2D eigenvalue weighted by Crippen LogP contribution is 2.24. The van der Waals surface area contributed by atoms with Crippen LogP contribution in [-0.4, -0.2) is 54.0 Å². The van der Waals surface area contributed by atoms with Crippen LogP contribution in [0.5, 0.6) is 5.75 Å². The highest BCUT2D eigenvalue weighted by molar-refractivity contribution is 6.31. The molecule has 1 aromatic heterocycles. The van der Waals surface area contributed by atoms with Gasteiger partial charge < -0.3 is 9.64 Å². The lowest BCUT2D eigenvalue weighted by Gasteiger charge is -2.23. The van der Waals surface area contributed by atoms with Crippen LogP contribution in [0, 0.1) is 0 Å². The van der Waals surface area contributed by atoms with Gasteiger partial charge in [0.25, 0.3) is 5.91 Å². The quantitative estimate of drug-likeness (QED) is 0.841. The van der Waals surface area contributed by atoms with Crippen molar-refractivity contribution in [2.45, 2.75) is 13.0 Å². The van der Waals surface area contributed by atoms with Gasteiger partial charge in [-0.15, -0.1) is 0 Å². The smallest absolute Gasteiger partial charge is 0.257 e. The van der Waals surface area contributed by atoms with Gasteiger partial charge >= 0.3 is 0 Å². The number of hydrogen-bond donors (Lipinski definition) is 0. The average Bonchev–Trinajstić information content (AvgIpc) is 2.87. The number of aromatic nitrogens is 1. The summed E-state index contributed by atoms with van der Waals surface area (Å²) >= 11 is 6.06. The lowest BCUT2D eigenvalue weighted by atomic mass is 10.1. The summed E-state index contributed by atoms with van der Waals surface area (Å²) in [4.78, 5) is 21.2. The summed E-state index contributed by atoms with van der Waals surface area (Å²) in [5.74, 6) is 0.539. The van der Waals surface area contributed by atoms with E-state index >= 15 is 0 Å². The van der Waals surface area contributed by atoms with Gasteiger partial charge in [0.05, 0.1) is 12.7 Å². The molecular formula is C19H22ClN3O2. The Bertz CT molecular complexity index is 724. The van der Waals surface area contributed by atoms with Crippen molar-refractivity contribution in [3.63, 3.8) is 0 Å². The first kappa shape index (κ1) is 17.7. The summed E-state index contributed by atoms with van der Waals surface area (Å²) < 4.78 is 5.32. The van der Waals surface area contributed by atoms with Crippen molar-refractivity contribution in [1.82, 2.24) is 14.8 Å². The van der Waals surface area contributed by atoms with Crippen LogP contribution in [0.4, 0.5) is 0 Å². The number of pyridine rings is 1. The lowest BCUT2D eigenvalue weighted by molar-refractivity contribution is 0.0757. The Kier molecular flexibility index (Phi) is 5.89. The lowest BCUT2D eigenvalue weighted by Crippen LogP contribution is -2.35. The van der Waals surface area contributed by atoms with E-state index in [9.17, 15) is 4.79 Å². The molecule has 5 nitrogen and oxygen atoms in total. The van der Waals surface area contributed by atoms with E-state index < -0.39 is 0 Å². The first-order valence-electron chi connectivity index (χ1n) is 8.41. The highest BCUT2D eigenvalue weighted by atomic mass is 35.5. The van der Waals surface area contributed by atoms with E-state index in [-0.39, 0.29) is 5.91 Å². The van der Waals surface area contributed by atoms with Gasteiger partial charge in [0.1, 0.15) is 5.75 Å². The predicted molar refractivity (Wildman–Crippen MR) is 98.0 cm³/mol. The van der Waals surface area contributed by atoms with Crippen LogP contribution in [0.25, 0.3) is 0 Å². The molecule has 1 fully saturated rings. The average molecular weight is 360 g/mol. The van der Waals surface area contributed by atoms with Crippen LogP contribution in [-0.2, 0) is 6.54 Å². The maximum atomic E-state index is 12.9. The van der Waals surface area contributed by atoms with Crippen molar-refractivity contribution in [1.29, 1.82) is 0 Å². The monoisotopic (exact) mass is 359 g/mol. The van der Waals surface area contributed by atoms with Gasteiger partial charge in [0, 0.05) is 50.1 Å². The van der Waals surface area contributed by atoms with Gasteiger partial charge in [-0.1, -0.05) is 11.6 Å². The van der Waals surface area contributed by atoms with Crippen molar-refractivity contribution in [3.05, 3.63) is 58.9 Å². The molecule has 1 saturated heterocycles. The molecule has 3 rings (SSSR count). The fourth-order valence-corrected chi connectivity index (χ4v) is 3.27. The van der Waals surface area contributed by atoms with E-state index in [4.69, 9.17) is 16.3 Å². The van der Waals surface area contributed by atoms with Crippen molar-refractivity contribution >= 4 is 17.5 Å². The van der Waals surface area contributed by atoms with Gasteiger partial charge in [-0.2, -0.15) is 0 Å². The Hall–Kier alpha value is -2.11. The molecule has 1 aliphatic rings. The molecule has 0 N–H and O–H groups in total. The maximum absolute atomic E-state index is 12.9. The molecule has 0 spiro atoms. The number of methoxy groups -OCH3 is 1. The number of ether oxygens (including phenoxy) is 1. The number of amides is 1. The van der Waals surface area contributed by atoms with Gasteiger partial charge in [-0.05, 0) is 42.3 Å². The molecule has 6 heteroatoms. The molecule has 0 atom stereocenters. The molecule has 132 valence electrons. The van der Waals surface area contributed by atoms with Crippen LogP contribution in [0.15, 0.2) is 42.7 Å².